The molecule has 1 atom stereocenters. The van der Waals surface area contributed by atoms with E-state index in [-0.39, 0.29) is 0 Å². The van der Waals surface area contributed by atoms with Gasteiger partial charge in [0.2, 0.25) is 0 Å². The number of alkyl halides is 1. The molecule has 0 heterocycles. The molecule has 54 valence electrons. The molecular weight excluding hydrogens is 142 g/mol. The van der Waals surface area contributed by atoms with Crippen molar-refractivity contribution in [3.63, 3.8) is 0 Å². The summed E-state index contributed by atoms with van der Waals surface area (Å²) >= 11 is 5.35. The number of rotatable bonds is 1. The number of hydrogen-bond acceptors (Lipinski definition) is 2. The molecule has 0 aliphatic rings. The van der Waals surface area contributed by atoms with Gasteiger partial charge < -0.3 is 9.64 Å². The van der Waals surface area contributed by atoms with Crippen LogP contribution in [0.2, 0.25) is 0 Å². The van der Waals surface area contributed by atoms with Gasteiger partial charge in [0.05, 0.1) is 0 Å². The predicted octanol–water partition coefficient (Wildman–Crippen LogP) is 1.27. The van der Waals surface area contributed by atoms with Crippen LogP contribution in [0.25, 0.3) is 0 Å². The summed E-state index contributed by atoms with van der Waals surface area (Å²) in [6.07, 6.45) is -0.419. The van der Waals surface area contributed by atoms with E-state index in [9.17, 15) is 4.79 Å². The fraction of sp³-hybridized carbons (Fsp3) is 0.800. The number of amides is 1. The van der Waals surface area contributed by atoms with Crippen LogP contribution in [0.4, 0.5) is 4.79 Å². The summed E-state index contributed by atoms with van der Waals surface area (Å²) < 4.78 is 4.56. The third kappa shape index (κ3) is 4.09. The first-order chi connectivity index (χ1) is 4.04. The number of halogens is 1. The van der Waals surface area contributed by atoms with Crippen LogP contribution in [0, 0.1) is 0 Å². The Morgan fingerprint density at radius 1 is 1.67 bits per heavy atom. The van der Waals surface area contributed by atoms with Gasteiger partial charge in [-0.05, 0) is 6.92 Å². The Morgan fingerprint density at radius 2 is 2.11 bits per heavy atom. The average molecular weight is 152 g/mol. The van der Waals surface area contributed by atoms with Gasteiger partial charge in [0.1, 0.15) is 0 Å². The average Bonchev–Trinajstić information content (AvgIpc) is 1.63. The highest BCUT2D eigenvalue weighted by atomic mass is 35.5. The Balaban J connectivity index is 3.51. The zero-order chi connectivity index (χ0) is 7.44. The van der Waals surface area contributed by atoms with E-state index >= 15 is 0 Å². The molecule has 0 aromatic heterocycles. The Hall–Kier alpha value is -0.440. The first kappa shape index (κ1) is 8.56. The smallest absolute Gasteiger partial charge is 0.410 e. The molecule has 4 heteroatoms. The summed E-state index contributed by atoms with van der Waals surface area (Å²) in [6.45, 7) is 1.59. The molecule has 3 nitrogen and oxygen atoms in total. The van der Waals surface area contributed by atoms with Gasteiger partial charge in [-0.2, -0.15) is 0 Å². The van der Waals surface area contributed by atoms with E-state index in [1.807, 2.05) is 0 Å². The molecule has 0 saturated carbocycles. The topological polar surface area (TPSA) is 29.5 Å². The fourth-order valence-electron chi connectivity index (χ4n) is 0.244. The first-order valence-corrected chi connectivity index (χ1v) is 2.99. The molecule has 0 spiro atoms. The van der Waals surface area contributed by atoms with E-state index in [0.717, 1.165) is 0 Å². The van der Waals surface area contributed by atoms with Gasteiger partial charge in [0.15, 0.2) is 5.56 Å². The number of carbonyl (C=O) groups excluding carboxylic acids is 1. The van der Waals surface area contributed by atoms with Gasteiger partial charge in [-0.3, -0.25) is 0 Å². The maximum absolute atomic E-state index is 10.6. The minimum atomic E-state index is -0.556. The summed E-state index contributed by atoms with van der Waals surface area (Å²) in [5, 5.41) is 0. The highest BCUT2D eigenvalue weighted by Gasteiger charge is 2.06. The zero-order valence-corrected chi connectivity index (χ0v) is 6.47. The van der Waals surface area contributed by atoms with Crippen LogP contribution in [0.3, 0.4) is 0 Å². The van der Waals surface area contributed by atoms with Crippen molar-refractivity contribution in [3.05, 3.63) is 0 Å². The lowest BCUT2D eigenvalue weighted by molar-refractivity contribution is 0.111. The summed E-state index contributed by atoms with van der Waals surface area (Å²) in [5.41, 5.74) is -0.556. The number of nitrogens with zero attached hydrogens (tertiary/aromatic N) is 1. The second-order valence-electron chi connectivity index (χ2n) is 1.82. The van der Waals surface area contributed by atoms with Crippen molar-refractivity contribution < 1.29 is 9.53 Å². The molecule has 0 aliphatic carbocycles. The molecule has 9 heavy (non-hydrogen) atoms. The Kier molecular flexibility index (Phi) is 3.39. The third-order valence-electron chi connectivity index (χ3n) is 0.628. The molecule has 0 fully saturated rings. The van der Waals surface area contributed by atoms with Crippen LogP contribution in [-0.4, -0.2) is 30.7 Å². The van der Waals surface area contributed by atoms with Gasteiger partial charge in [-0.25, -0.2) is 4.79 Å². The summed E-state index contributed by atoms with van der Waals surface area (Å²) in [7, 11) is 3.20. The van der Waals surface area contributed by atoms with E-state index in [2.05, 4.69) is 4.74 Å². The lowest BCUT2D eigenvalue weighted by Crippen LogP contribution is -2.24. The number of carbonyl (C=O) groups is 1. The van der Waals surface area contributed by atoms with Crippen molar-refractivity contribution in [1.29, 1.82) is 0 Å². The van der Waals surface area contributed by atoms with Gasteiger partial charge in [0.25, 0.3) is 0 Å². The molecule has 0 N–H and O–H groups in total. The first-order valence-electron chi connectivity index (χ1n) is 2.56. The maximum atomic E-state index is 10.6. The molecular formula is C5H10ClNO2. The van der Waals surface area contributed by atoms with Gasteiger partial charge in [0, 0.05) is 14.1 Å². The number of hydrogen-bond donors (Lipinski definition) is 0. The van der Waals surface area contributed by atoms with Crippen LogP contribution in [0.15, 0.2) is 0 Å². The lowest BCUT2D eigenvalue weighted by atomic mass is 10.8. The van der Waals surface area contributed by atoms with Crippen LogP contribution >= 0.6 is 11.6 Å². The van der Waals surface area contributed by atoms with Crippen molar-refractivity contribution in [3.8, 4) is 0 Å². The fourth-order valence-corrected chi connectivity index (χ4v) is 0.321. The Bertz CT molecular complexity index is 103. The molecule has 0 aliphatic heterocycles. The molecule has 0 saturated heterocycles. The molecule has 0 aromatic carbocycles. The monoisotopic (exact) mass is 151 g/mol. The van der Waals surface area contributed by atoms with Crippen molar-refractivity contribution in [2.45, 2.75) is 12.5 Å². The van der Waals surface area contributed by atoms with Crippen LogP contribution in [0.1, 0.15) is 6.92 Å². The number of ether oxygens (including phenoxy) is 1. The molecule has 0 radical (unpaired) electrons. The standard InChI is InChI=1S/C5H10ClNO2/c1-4(6)9-5(8)7(2)3/h4H,1-3H3. The highest BCUT2D eigenvalue weighted by molar-refractivity contribution is 6.19. The second kappa shape index (κ2) is 3.56. The van der Waals surface area contributed by atoms with Crippen molar-refractivity contribution in [2.75, 3.05) is 14.1 Å². The van der Waals surface area contributed by atoms with Gasteiger partial charge in [-0.1, -0.05) is 11.6 Å². The minimum absolute atomic E-state index is 0.419. The van der Waals surface area contributed by atoms with E-state index in [1.54, 1.807) is 21.0 Å². The Morgan fingerprint density at radius 3 is 2.22 bits per heavy atom. The van der Waals surface area contributed by atoms with Crippen molar-refractivity contribution >= 4 is 17.7 Å². The second-order valence-corrected chi connectivity index (χ2v) is 2.44. The highest BCUT2D eigenvalue weighted by Crippen LogP contribution is 1.97. The van der Waals surface area contributed by atoms with E-state index in [4.69, 9.17) is 11.6 Å². The predicted molar refractivity (Wildman–Crippen MR) is 35.5 cm³/mol. The molecule has 1 amide bonds. The van der Waals surface area contributed by atoms with Crippen LogP contribution in [-0.2, 0) is 4.74 Å². The van der Waals surface area contributed by atoms with Crippen molar-refractivity contribution in [1.82, 2.24) is 4.90 Å². The van der Waals surface area contributed by atoms with Crippen LogP contribution < -0.4 is 0 Å². The zero-order valence-electron chi connectivity index (χ0n) is 5.72. The van der Waals surface area contributed by atoms with Gasteiger partial charge >= 0.3 is 6.09 Å². The maximum Gasteiger partial charge on any atom is 0.410 e. The summed E-state index contributed by atoms with van der Waals surface area (Å²) in [5.74, 6) is 0. The minimum Gasteiger partial charge on any atom is -0.430 e. The normalized spacial score (nSPS) is 12.4. The van der Waals surface area contributed by atoms with Crippen LogP contribution in [0.5, 0.6) is 0 Å². The third-order valence-corrected chi connectivity index (χ3v) is 0.717. The van der Waals surface area contributed by atoms with Gasteiger partial charge in [-0.15, -0.1) is 0 Å². The van der Waals surface area contributed by atoms with E-state index in [0.29, 0.717) is 0 Å². The quantitative estimate of drug-likeness (QED) is 0.529. The SMILES string of the molecule is CC(Cl)OC(=O)N(C)C. The summed E-state index contributed by atoms with van der Waals surface area (Å²) in [4.78, 5) is 11.9. The largest absolute Gasteiger partial charge is 0.430 e. The summed E-state index contributed by atoms with van der Waals surface area (Å²) in [6, 6.07) is 0. The lowest BCUT2D eigenvalue weighted by Gasteiger charge is -2.11. The Labute approximate surface area is 59.5 Å². The molecule has 1 unspecified atom stereocenters. The molecule has 0 rings (SSSR count). The van der Waals surface area contributed by atoms with E-state index in [1.165, 1.54) is 4.90 Å². The molecule has 0 bridgehead atoms. The van der Waals surface area contributed by atoms with E-state index < -0.39 is 11.7 Å². The molecule has 0 aromatic rings. The van der Waals surface area contributed by atoms with Crippen molar-refractivity contribution in [2.24, 2.45) is 0 Å².